The van der Waals surface area contributed by atoms with Crippen LogP contribution in [0.4, 0.5) is 10.5 Å². The van der Waals surface area contributed by atoms with Crippen molar-refractivity contribution in [3.05, 3.63) is 29.3 Å². The maximum absolute atomic E-state index is 13.1. The molecule has 2 aliphatic rings. The van der Waals surface area contributed by atoms with Gasteiger partial charge in [-0.15, -0.1) is 0 Å². The van der Waals surface area contributed by atoms with E-state index in [4.69, 9.17) is 0 Å². The molecule has 2 fully saturated rings. The van der Waals surface area contributed by atoms with E-state index in [9.17, 15) is 14.4 Å². The molecule has 6 heteroatoms. The van der Waals surface area contributed by atoms with Crippen LogP contribution in [0.2, 0.25) is 0 Å². The van der Waals surface area contributed by atoms with E-state index in [0.29, 0.717) is 6.42 Å². The maximum Gasteiger partial charge on any atom is 0.325 e. The van der Waals surface area contributed by atoms with Crippen LogP contribution in [0.25, 0.3) is 0 Å². The number of carbonyl (C=O) groups is 3. The van der Waals surface area contributed by atoms with Crippen LogP contribution in [0.15, 0.2) is 18.2 Å². The maximum atomic E-state index is 13.1. The summed E-state index contributed by atoms with van der Waals surface area (Å²) in [6, 6.07) is 5.57. The molecule has 1 aromatic rings. The number of imide groups is 1. The van der Waals surface area contributed by atoms with E-state index in [1.807, 2.05) is 25.1 Å². The van der Waals surface area contributed by atoms with Crippen molar-refractivity contribution in [2.45, 2.75) is 77.7 Å². The summed E-state index contributed by atoms with van der Waals surface area (Å²) in [7, 11) is 0. The minimum Gasteiger partial charge on any atom is -0.324 e. The summed E-state index contributed by atoms with van der Waals surface area (Å²) < 4.78 is 0. The molecule has 1 aromatic carbocycles. The highest BCUT2D eigenvalue weighted by atomic mass is 16.2. The molecule has 29 heavy (non-hydrogen) atoms. The van der Waals surface area contributed by atoms with Crippen LogP contribution >= 0.6 is 0 Å². The molecule has 3 rings (SSSR count). The smallest absolute Gasteiger partial charge is 0.324 e. The topological polar surface area (TPSA) is 78.5 Å². The number of hydrogen-bond donors (Lipinski definition) is 2. The van der Waals surface area contributed by atoms with Crippen LogP contribution in [-0.2, 0) is 9.59 Å². The van der Waals surface area contributed by atoms with Crippen LogP contribution in [0.3, 0.4) is 0 Å². The van der Waals surface area contributed by atoms with Crippen molar-refractivity contribution in [3.63, 3.8) is 0 Å². The van der Waals surface area contributed by atoms with Gasteiger partial charge in [-0.3, -0.25) is 14.5 Å². The minimum atomic E-state index is -0.839. The quantitative estimate of drug-likeness (QED) is 0.722. The first-order chi connectivity index (χ1) is 13.7. The first-order valence-electron chi connectivity index (χ1n) is 10.7. The average Bonchev–Trinajstić information content (AvgIpc) is 2.89. The lowest BCUT2D eigenvalue weighted by molar-refractivity contribution is -0.136. The van der Waals surface area contributed by atoms with Crippen molar-refractivity contribution in [1.82, 2.24) is 10.2 Å². The molecule has 0 radical (unpaired) electrons. The lowest BCUT2D eigenvalue weighted by atomic mass is 9.73. The van der Waals surface area contributed by atoms with Crippen molar-refractivity contribution in [3.8, 4) is 0 Å². The number of urea groups is 1. The summed E-state index contributed by atoms with van der Waals surface area (Å²) in [5, 5.41) is 5.90. The molecular formula is C23H33N3O3. The van der Waals surface area contributed by atoms with Crippen molar-refractivity contribution < 1.29 is 14.4 Å². The highest BCUT2D eigenvalue weighted by Gasteiger charge is 2.55. The second-order valence-electron chi connectivity index (χ2n) is 9.11. The average molecular weight is 400 g/mol. The second-order valence-corrected chi connectivity index (χ2v) is 9.11. The zero-order valence-corrected chi connectivity index (χ0v) is 18.2. The predicted molar refractivity (Wildman–Crippen MR) is 114 cm³/mol. The molecule has 2 N–H and O–H groups in total. The lowest BCUT2D eigenvalue weighted by Crippen LogP contribution is -2.54. The van der Waals surface area contributed by atoms with Gasteiger partial charge in [-0.2, -0.15) is 0 Å². The third-order valence-corrected chi connectivity index (χ3v) is 6.44. The van der Waals surface area contributed by atoms with Gasteiger partial charge in [0.1, 0.15) is 12.1 Å². The summed E-state index contributed by atoms with van der Waals surface area (Å²) in [5.41, 5.74) is 2.07. The van der Waals surface area contributed by atoms with E-state index in [1.54, 1.807) is 0 Å². The molecule has 158 valence electrons. The molecule has 0 bridgehead atoms. The number of hydrogen-bond acceptors (Lipinski definition) is 3. The predicted octanol–water partition coefficient (Wildman–Crippen LogP) is 4.37. The van der Waals surface area contributed by atoms with Gasteiger partial charge < -0.3 is 10.6 Å². The number of carbonyl (C=O) groups excluding carboxylic acids is 3. The third kappa shape index (κ3) is 3.89. The molecule has 1 saturated carbocycles. The molecule has 1 aliphatic carbocycles. The summed E-state index contributed by atoms with van der Waals surface area (Å²) in [6.45, 7) is 10.1. The van der Waals surface area contributed by atoms with Crippen molar-refractivity contribution >= 4 is 23.5 Å². The molecule has 0 aromatic heterocycles. The minimum absolute atomic E-state index is 0.0787. The van der Waals surface area contributed by atoms with Gasteiger partial charge in [0.05, 0.1) is 0 Å². The number of rotatable bonds is 5. The Hall–Kier alpha value is -2.37. The highest BCUT2D eigenvalue weighted by Crippen LogP contribution is 2.38. The normalized spacial score (nSPS) is 24.5. The molecule has 4 amide bonds. The van der Waals surface area contributed by atoms with Crippen LogP contribution < -0.4 is 10.6 Å². The second kappa shape index (κ2) is 8.17. The molecule has 1 heterocycles. The van der Waals surface area contributed by atoms with E-state index in [0.717, 1.165) is 41.0 Å². The summed E-state index contributed by atoms with van der Waals surface area (Å²) in [6.07, 6.45) is 3.53. The first-order valence-corrected chi connectivity index (χ1v) is 10.7. The third-order valence-electron chi connectivity index (χ3n) is 6.44. The monoisotopic (exact) mass is 399 g/mol. The summed E-state index contributed by atoms with van der Waals surface area (Å²) in [5.74, 6) is -0.0378. The zero-order chi connectivity index (χ0) is 21.3. The van der Waals surface area contributed by atoms with Gasteiger partial charge in [0.25, 0.3) is 5.91 Å². The van der Waals surface area contributed by atoms with E-state index >= 15 is 0 Å². The van der Waals surface area contributed by atoms with Crippen molar-refractivity contribution in [2.24, 2.45) is 5.92 Å². The van der Waals surface area contributed by atoms with Crippen LogP contribution in [0, 0.1) is 5.92 Å². The molecule has 1 spiro atoms. The Balaban J connectivity index is 1.80. The number of anilines is 1. The van der Waals surface area contributed by atoms with Gasteiger partial charge in [-0.1, -0.05) is 65.7 Å². The Labute approximate surface area is 173 Å². The van der Waals surface area contributed by atoms with Gasteiger partial charge in [0.15, 0.2) is 0 Å². The number of amides is 4. The highest BCUT2D eigenvalue weighted by molar-refractivity contribution is 6.10. The number of nitrogens with one attached hydrogen (secondary N) is 2. The van der Waals surface area contributed by atoms with Crippen LogP contribution in [-0.4, -0.2) is 34.8 Å². The molecular weight excluding hydrogens is 366 g/mol. The first kappa shape index (κ1) is 21.3. The molecule has 2 atom stereocenters. The Morgan fingerprint density at radius 1 is 1.17 bits per heavy atom. The lowest BCUT2D eigenvalue weighted by Gasteiger charge is -2.36. The van der Waals surface area contributed by atoms with Gasteiger partial charge in [-0.25, -0.2) is 4.79 Å². The van der Waals surface area contributed by atoms with E-state index in [1.165, 1.54) is 0 Å². The van der Waals surface area contributed by atoms with E-state index < -0.39 is 11.6 Å². The van der Waals surface area contributed by atoms with E-state index in [2.05, 4.69) is 38.3 Å². The number of benzene rings is 1. The molecule has 1 aliphatic heterocycles. The van der Waals surface area contributed by atoms with Crippen LogP contribution in [0.5, 0.6) is 0 Å². The Morgan fingerprint density at radius 2 is 1.79 bits per heavy atom. The largest absolute Gasteiger partial charge is 0.325 e. The Kier molecular flexibility index (Phi) is 6.01. The standard InChI is InChI=1S/C23H33N3O3/c1-14(2)17-10-8-11-18(15(3)4)20(17)24-19(27)13-26-21(28)23(25-22(26)29)12-7-6-9-16(23)5/h8,10-11,14-16H,6-7,9,12-13H2,1-5H3,(H,24,27)(H,25,29). The zero-order valence-electron chi connectivity index (χ0n) is 18.2. The van der Waals surface area contributed by atoms with Gasteiger partial charge in [0, 0.05) is 5.69 Å². The number of nitrogens with zero attached hydrogens (tertiary/aromatic N) is 1. The fraction of sp³-hybridized carbons (Fsp3) is 0.609. The molecule has 1 saturated heterocycles. The van der Waals surface area contributed by atoms with Crippen molar-refractivity contribution in [1.29, 1.82) is 0 Å². The van der Waals surface area contributed by atoms with Gasteiger partial charge >= 0.3 is 6.03 Å². The van der Waals surface area contributed by atoms with Crippen LogP contribution in [0.1, 0.15) is 83.3 Å². The summed E-state index contributed by atoms with van der Waals surface area (Å²) >= 11 is 0. The fourth-order valence-electron chi connectivity index (χ4n) is 4.66. The Bertz CT molecular complexity index is 791. The SMILES string of the molecule is CC(C)c1cccc(C(C)C)c1NC(=O)CN1C(=O)NC2(CCCCC2C)C1=O. The Morgan fingerprint density at radius 3 is 2.34 bits per heavy atom. The number of para-hydroxylation sites is 1. The molecule has 6 nitrogen and oxygen atoms in total. The van der Waals surface area contributed by atoms with Gasteiger partial charge in [-0.05, 0) is 41.7 Å². The van der Waals surface area contributed by atoms with Crippen molar-refractivity contribution in [2.75, 3.05) is 11.9 Å². The van der Waals surface area contributed by atoms with Gasteiger partial charge in [0.2, 0.25) is 5.91 Å². The summed E-state index contributed by atoms with van der Waals surface area (Å²) in [4.78, 5) is 39.6. The van der Waals surface area contributed by atoms with E-state index in [-0.39, 0.29) is 36.1 Å². The fourth-order valence-corrected chi connectivity index (χ4v) is 4.66. The molecule has 2 unspecified atom stereocenters.